The summed E-state index contributed by atoms with van der Waals surface area (Å²) in [6, 6.07) is 28.1. The lowest BCUT2D eigenvalue weighted by Gasteiger charge is -2.44. The molecule has 3 aromatic carbocycles. The smallest absolute Gasteiger partial charge is 0.302 e. The molecule has 6 unspecified atom stereocenters. The molecule has 8 atom stereocenters. The van der Waals surface area contributed by atoms with Gasteiger partial charge in [-0.05, 0) is 87.9 Å². The first kappa shape index (κ1) is 68.6. The molecule has 2 amide bonds. The fourth-order valence-corrected chi connectivity index (χ4v) is 13.0. The maximum atomic E-state index is 14.1. The SMILES string of the molecule is COc1ccc(C(OC[C@@H]2CCN(C(=O)CCCCCCCCCCCCCCCOC3OC(COC(C)=O)C(C)C(OC(C)=O)C3NC(C)=O)C[C@H]2OP(OCCC#N)N(C(C)C)C(C)C)(c2ccccc2)c2ccc(OC)cc2)cc1. The number of carbonyl (C=O) groups is 4. The first-order chi connectivity index (χ1) is 40.0. The summed E-state index contributed by atoms with van der Waals surface area (Å²) in [5.74, 6) is -0.0396. The molecule has 3 aromatic rings. The van der Waals surface area contributed by atoms with E-state index in [1.807, 2.05) is 54.3 Å². The molecule has 2 saturated heterocycles. The van der Waals surface area contributed by atoms with Crippen LogP contribution in [0.15, 0.2) is 78.9 Å². The highest BCUT2D eigenvalue weighted by molar-refractivity contribution is 7.44. The normalized spacial score (nSPS) is 20.4. The number of hydrogen-bond acceptors (Lipinski definition) is 15. The van der Waals surface area contributed by atoms with Gasteiger partial charge in [0.15, 0.2) is 6.29 Å². The summed E-state index contributed by atoms with van der Waals surface area (Å²) in [5, 5.41) is 12.3. The van der Waals surface area contributed by atoms with Crippen LogP contribution < -0.4 is 14.8 Å². The number of amides is 2. The molecule has 17 nitrogen and oxygen atoms in total. The van der Waals surface area contributed by atoms with E-state index in [2.05, 4.69) is 80.1 Å². The number of nitrogens with zero attached hydrogens (tertiary/aromatic N) is 3. The molecule has 460 valence electrons. The largest absolute Gasteiger partial charge is 0.497 e. The Balaban J connectivity index is 1.10. The number of piperidine rings is 1. The van der Waals surface area contributed by atoms with E-state index >= 15 is 0 Å². The number of carbonyl (C=O) groups excluding carboxylic acids is 4. The van der Waals surface area contributed by atoms with E-state index in [0.717, 1.165) is 79.6 Å². The van der Waals surface area contributed by atoms with Gasteiger partial charge in [-0.1, -0.05) is 132 Å². The Morgan fingerprint density at radius 2 is 1.28 bits per heavy atom. The van der Waals surface area contributed by atoms with Crippen molar-refractivity contribution in [2.45, 2.75) is 206 Å². The predicted molar refractivity (Wildman–Crippen MR) is 321 cm³/mol. The molecule has 0 aromatic heterocycles. The molecular weight excluding hydrogens is 1080 g/mol. The molecule has 2 heterocycles. The minimum Gasteiger partial charge on any atom is -0.497 e. The predicted octanol–water partition coefficient (Wildman–Crippen LogP) is 12.4. The van der Waals surface area contributed by atoms with Crippen molar-refractivity contribution in [3.05, 3.63) is 95.6 Å². The van der Waals surface area contributed by atoms with E-state index in [1.165, 1.54) is 52.9 Å². The Labute approximate surface area is 497 Å². The third kappa shape index (κ3) is 21.7. The molecule has 0 spiro atoms. The number of ether oxygens (including phenoxy) is 7. The molecule has 0 aliphatic carbocycles. The van der Waals surface area contributed by atoms with Crippen molar-refractivity contribution in [2.75, 3.05) is 53.7 Å². The zero-order valence-corrected chi connectivity index (χ0v) is 52.2. The van der Waals surface area contributed by atoms with Gasteiger partial charge in [0, 0.05) is 70.8 Å². The number of likely N-dealkylation sites (tertiary alicyclic amines) is 1. The van der Waals surface area contributed by atoms with Crippen LogP contribution in [-0.4, -0.2) is 130 Å². The summed E-state index contributed by atoms with van der Waals surface area (Å²) < 4.78 is 57.7. The fourth-order valence-electron chi connectivity index (χ4n) is 11.3. The van der Waals surface area contributed by atoms with E-state index < -0.39 is 56.7 Å². The number of rotatable bonds is 37. The first-order valence-electron chi connectivity index (χ1n) is 30.4. The van der Waals surface area contributed by atoms with Crippen molar-refractivity contribution in [3.63, 3.8) is 0 Å². The second kappa shape index (κ2) is 36.6. The second-order valence-corrected chi connectivity index (χ2v) is 24.0. The topological polar surface area (TPSA) is 194 Å². The van der Waals surface area contributed by atoms with Gasteiger partial charge in [-0.15, -0.1) is 0 Å². The second-order valence-electron chi connectivity index (χ2n) is 22.6. The van der Waals surface area contributed by atoms with Crippen LogP contribution in [-0.2, 0) is 57.5 Å². The van der Waals surface area contributed by atoms with Crippen LogP contribution in [0.25, 0.3) is 0 Å². The van der Waals surface area contributed by atoms with Gasteiger partial charge in [0.1, 0.15) is 42.0 Å². The van der Waals surface area contributed by atoms with Crippen molar-refractivity contribution in [2.24, 2.45) is 11.8 Å². The van der Waals surface area contributed by atoms with Crippen LogP contribution in [0.2, 0.25) is 0 Å². The van der Waals surface area contributed by atoms with Crippen molar-refractivity contribution in [1.82, 2.24) is 14.9 Å². The van der Waals surface area contributed by atoms with Crippen molar-refractivity contribution in [3.8, 4) is 17.6 Å². The summed E-state index contributed by atoms with van der Waals surface area (Å²) in [6.45, 7) is 16.4. The van der Waals surface area contributed by atoms with Crippen LogP contribution in [0.3, 0.4) is 0 Å². The molecule has 2 aliphatic rings. The van der Waals surface area contributed by atoms with Gasteiger partial charge in [0.25, 0.3) is 8.53 Å². The van der Waals surface area contributed by atoms with Crippen LogP contribution >= 0.6 is 8.53 Å². The van der Waals surface area contributed by atoms with Crippen LogP contribution in [0.1, 0.15) is 175 Å². The van der Waals surface area contributed by atoms with E-state index in [1.54, 1.807) is 14.2 Å². The Morgan fingerprint density at radius 1 is 0.735 bits per heavy atom. The molecule has 0 saturated carbocycles. The van der Waals surface area contributed by atoms with Gasteiger partial charge in [0.05, 0.1) is 46.0 Å². The van der Waals surface area contributed by atoms with Crippen LogP contribution in [0.4, 0.5) is 0 Å². The summed E-state index contributed by atoms with van der Waals surface area (Å²) in [5.41, 5.74) is 1.82. The molecule has 83 heavy (non-hydrogen) atoms. The molecule has 1 N–H and O–H groups in total. The number of methoxy groups -OCH3 is 2. The van der Waals surface area contributed by atoms with Gasteiger partial charge in [-0.25, -0.2) is 4.67 Å². The Hall–Kier alpha value is -5.18. The van der Waals surface area contributed by atoms with Gasteiger partial charge >= 0.3 is 11.9 Å². The third-order valence-corrected chi connectivity index (χ3v) is 17.8. The highest BCUT2D eigenvalue weighted by Gasteiger charge is 2.48. The number of benzene rings is 3. The van der Waals surface area contributed by atoms with Crippen molar-refractivity contribution >= 4 is 32.3 Å². The van der Waals surface area contributed by atoms with E-state index in [4.69, 9.17) is 42.2 Å². The molecule has 18 heteroatoms. The summed E-state index contributed by atoms with van der Waals surface area (Å²) in [4.78, 5) is 51.8. The minimum absolute atomic E-state index is 0.0121. The van der Waals surface area contributed by atoms with Gasteiger partial charge in [-0.3, -0.25) is 19.2 Å². The monoisotopic (exact) mass is 1170 g/mol. The molecule has 0 bridgehead atoms. The number of unbranched alkanes of at least 4 members (excludes halogenated alkanes) is 12. The molecule has 2 aliphatic heterocycles. The lowest BCUT2D eigenvalue weighted by atomic mass is 9.79. The van der Waals surface area contributed by atoms with Crippen LogP contribution in [0.5, 0.6) is 11.5 Å². The summed E-state index contributed by atoms with van der Waals surface area (Å²) in [6.07, 6.45) is 13.0. The van der Waals surface area contributed by atoms with Crippen molar-refractivity contribution < 1.29 is 61.4 Å². The zero-order valence-electron chi connectivity index (χ0n) is 51.4. The van der Waals surface area contributed by atoms with E-state index in [0.29, 0.717) is 39.1 Å². The standard InChI is InChI=1S/C65H97N4O13P/c1-47(2)69(48(3)4)83(79-43-27-40-66)82-59-44-68(41-39-53(59)45-78-65(54-28-23-22-24-29-54,55-31-35-57(74-9)36-32-55)56-33-37-58(75-10)38-34-56)61(73)30-25-20-18-16-14-12-11-13-15-17-19-21-26-42-76-64-62(67-50(6)70)63(80-52(8)72)49(5)60(81-64)46-77-51(7)71/h22-24,28-29,31-38,47-49,53,59-60,62-64H,11-21,25-27,30,39,41-46H2,1-10H3,(H,67,70)/t49?,53-,59+,60?,62?,63?,64?,83?/m0/s1. The minimum atomic E-state index is -1.60. The Bertz CT molecular complexity index is 2350. The lowest BCUT2D eigenvalue weighted by molar-refractivity contribution is -0.260. The molecular formula is C65H97N4O13P. The fraction of sp³-hybridized carbons (Fsp3) is 0.646. The number of hydrogen-bond donors (Lipinski definition) is 1. The van der Waals surface area contributed by atoms with E-state index in [-0.39, 0.29) is 55.4 Å². The number of nitrogens with one attached hydrogen (secondary N) is 1. The highest BCUT2D eigenvalue weighted by atomic mass is 31.2. The van der Waals surface area contributed by atoms with Crippen molar-refractivity contribution in [1.29, 1.82) is 5.26 Å². The molecule has 0 radical (unpaired) electrons. The van der Waals surface area contributed by atoms with Gasteiger partial charge in [0.2, 0.25) is 11.8 Å². The molecule has 2 fully saturated rings. The van der Waals surface area contributed by atoms with E-state index in [9.17, 15) is 24.4 Å². The average Bonchev–Trinajstić information content (AvgIpc) is 2.36. The van der Waals surface area contributed by atoms with Gasteiger partial charge < -0.3 is 52.4 Å². The number of nitriles is 1. The maximum absolute atomic E-state index is 14.1. The summed E-state index contributed by atoms with van der Waals surface area (Å²) >= 11 is 0. The first-order valence-corrected chi connectivity index (χ1v) is 31.5. The zero-order chi connectivity index (χ0) is 60.2. The quantitative estimate of drug-likeness (QED) is 0.0248. The average molecular weight is 1170 g/mol. The molecule has 5 rings (SSSR count). The lowest BCUT2D eigenvalue weighted by Crippen LogP contribution is -2.63. The Kier molecular flexibility index (Phi) is 30.3. The Morgan fingerprint density at radius 3 is 1.78 bits per heavy atom. The highest BCUT2D eigenvalue weighted by Crippen LogP contribution is 2.50. The third-order valence-electron chi connectivity index (χ3n) is 15.6. The number of esters is 2. The summed E-state index contributed by atoms with van der Waals surface area (Å²) in [7, 11) is 1.72. The van der Waals surface area contributed by atoms with Crippen LogP contribution in [0, 0.1) is 23.2 Å². The van der Waals surface area contributed by atoms with Gasteiger partial charge in [-0.2, -0.15) is 5.26 Å². The maximum Gasteiger partial charge on any atom is 0.302 e.